The Labute approximate surface area is 134 Å². The lowest BCUT2D eigenvalue weighted by atomic mass is 10.3. The van der Waals surface area contributed by atoms with Gasteiger partial charge >= 0.3 is 0 Å². The quantitative estimate of drug-likeness (QED) is 0.644. The predicted molar refractivity (Wildman–Crippen MR) is 84.1 cm³/mol. The Balaban J connectivity index is 2.23. The van der Waals surface area contributed by atoms with Crippen LogP contribution in [0.25, 0.3) is 0 Å². The average Bonchev–Trinajstić information content (AvgIpc) is 2.46. The molecule has 118 valence electrons. The summed E-state index contributed by atoms with van der Waals surface area (Å²) in [5.41, 5.74) is 0. The molecular weight excluding hydrogens is 315 g/mol. The Morgan fingerprint density at radius 3 is 2.90 bits per heavy atom. The van der Waals surface area contributed by atoms with E-state index in [0.29, 0.717) is 22.3 Å². The fourth-order valence-corrected chi connectivity index (χ4v) is 1.85. The van der Waals surface area contributed by atoms with E-state index in [4.69, 9.17) is 27.9 Å². The van der Waals surface area contributed by atoms with Crippen LogP contribution in [0, 0.1) is 0 Å². The zero-order valence-electron chi connectivity index (χ0n) is 11.9. The molecule has 0 aromatic heterocycles. The van der Waals surface area contributed by atoms with Crippen molar-refractivity contribution < 1.29 is 14.6 Å². The fraction of sp³-hybridized carbons (Fsp3) is 0.500. The summed E-state index contributed by atoms with van der Waals surface area (Å²) >= 11 is 11.8. The van der Waals surface area contributed by atoms with Crippen molar-refractivity contribution in [3.05, 3.63) is 28.2 Å². The first-order chi connectivity index (χ1) is 10.0. The second kappa shape index (κ2) is 9.84. The first-order valence-electron chi connectivity index (χ1n) is 6.76. The molecule has 0 fully saturated rings. The standard InChI is InChI=1S/C14H20Cl2N2O3/c1-2-5-18-14(20)8-17-7-11(19)9-21-13-6-10(15)3-4-12(13)16/h3-4,6,11,17,19H,2,5,7-9H2,1H3,(H,18,20). The van der Waals surface area contributed by atoms with E-state index < -0.39 is 6.10 Å². The van der Waals surface area contributed by atoms with E-state index in [2.05, 4.69) is 10.6 Å². The SMILES string of the molecule is CCCNC(=O)CNCC(O)COc1cc(Cl)ccc1Cl. The van der Waals surface area contributed by atoms with Gasteiger partial charge in [-0.3, -0.25) is 4.79 Å². The minimum atomic E-state index is -0.751. The van der Waals surface area contributed by atoms with E-state index in [1.807, 2.05) is 6.92 Å². The molecule has 1 atom stereocenters. The number of rotatable bonds is 9. The maximum atomic E-state index is 11.3. The van der Waals surface area contributed by atoms with Crippen LogP contribution in [0.15, 0.2) is 18.2 Å². The summed E-state index contributed by atoms with van der Waals surface area (Å²) in [6, 6.07) is 4.87. The third kappa shape index (κ3) is 7.52. The molecule has 0 spiro atoms. The largest absolute Gasteiger partial charge is 0.489 e. The number of hydrogen-bond acceptors (Lipinski definition) is 4. The van der Waals surface area contributed by atoms with Gasteiger partial charge in [0, 0.05) is 24.2 Å². The fourth-order valence-electron chi connectivity index (χ4n) is 1.51. The molecule has 1 aromatic carbocycles. The smallest absolute Gasteiger partial charge is 0.233 e. The monoisotopic (exact) mass is 334 g/mol. The van der Waals surface area contributed by atoms with Crippen LogP contribution in [0.4, 0.5) is 0 Å². The van der Waals surface area contributed by atoms with Gasteiger partial charge in [0.15, 0.2) is 0 Å². The highest BCUT2D eigenvalue weighted by Gasteiger charge is 2.09. The normalized spacial score (nSPS) is 12.0. The lowest BCUT2D eigenvalue weighted by Crippen LogP contribution is -2.39. The van der Waals surface area contributed by atoms with E-state index in [1.165, 1.54) is 0 Å². The third-order valence-electron chi connectivity index (χ3n) is 2.56. The molecule has 1 unspecified atom stereocenters. The molecule has 1 rings (SSSR count). The molecule has 7 heteroatoms. The van der Waals surface area contributed by atoms with Crippen molar-refractivity contribution in [1.82, 2.24) is 10.6 Å². The van der Waals surface area contributed by atoms with Gasteiger partial charge in [-0.05, 0) is 18.6 Å². The van der Waals surface area contributed by atoms with Crippen molar-refractivity contribution in [2.75, 3.05) is 26.2 Å². The van der Waals surface area contributed by atoms with Gasteiger partial charge in [-0.2, -0.15) is 0 Å². The van der Waals surface area contributed by atoms with Gasteiger partial charge in [0.1, 0.15) is 18.5 Å². The minimum Gasteiger partial charge on any atom is -0.489 e. The highest BCUT2D eigenvalue weighted by molar-refractivity contribution is 6.34. The summed E-state index contributed by atoms with van der Waals surface area (Å²) in [6.07, 6.45) is 0.141. The zero-order valence-corrected chi connectivity index (χ0v) is 13.4. The topological polar surface area (TPSA) is 70.6 Å². The second-order valence-corrected chi connectivity index (χ2v) is 5.36. The van der Waals surface area contributed by atoms with E-state index in [-0.39, 0.29) is 25.6 Å². The van der Waals surface area contributed by atoms with Crippen molar-refractivity contribution in [1.29, 1.82) is 0 Å². The van der Waals surface area contributed by atoms with Crippen molar-refractivity contribution >= 4 is 29.1 Å². The number of carbonyl (C=O) groups excluding carboxylic acids is 1. The number of nitrogens with one attached hydrogen (secondary N) is 2. The van der Waals surface area contributed by atoms with Crippen LogP contribution in [0.2, 0.25) is 10.0 Å². The van der Waals surface area contributed by atoms with Gasteiger partial charge in [0.2, 0.25) is 5.91 Å². The number of aliphatic hydroxyl groups is 1. The highest BCUT2D eigenvalue weighted by atomic mass is 35.5. The lowest BCUT2D eigenvalue weighted by molar-refractivity contribution is -0.120. The van der Waals surface area contributed by atoms with Gasteiger partial charge < -0.3 is 20.5 Å². The van der Waals surface area contributed by atoms with Gasteiger partial charge in [-0.15, -0.1) is 0 Å². The number of hydrogen-bond donors (Lipinski definition) is 3. The number of carbonyl (C=O) groups is 1. The van der Waals surface area contributed by atoms with Crippen LogP contribution in [0.3, 0.4) is 0 Å². The number of benzene rings is 1. The Kier molecular flexibility index (Phi) is 8.45. The Hall–Kier alpha value is -1.01. The number of ether oxygens (including phenoxy) is 1. The molecule has 0 aliphatic rings. The number of amides is 1. The number of halogens is 2. The molecule has 0 saturated carbocycles. The van der Waals surface area contributed by atoms with E-state index in [0.717, 1.165) is 6.42 Å². The zero-order chi connectivity index (χ0) is 15.7. The van der Waals surface area contributed by atoms with Gasteiger partial charge in [0.05, 0.1) is 11.6 Å². The summed E-state index contributed by atoms with van der Waals surface area (Å²) < 4.78 is 5.39. The second-order valence-electron chi connectivity index (χ2n) is 4.52. The molecule has 5 nitrogen and oxygen atoms in total. The van der Waals surface area contributed by atoms with Crippen LogP contribution in [-0.4, -0.2) is 43.4 Å². The van der Waals surface area contributed by atoms with Gasteiger partial charge in [-0.25, -0.2) is 0 Å². The third-order valence-corrected chi connectivity index (χ3v) is 3.11. The molecule has 1 aromatic rings. The Bertz CT molecular complexity index is 458. The first kappa shape index (κ1) is 18.0. The van der Waals surface area contributed by atoms with Gasteiger partial charge in [-0.1, -0.05) is 30.1 Å². The van der Waals surface area contributed by atoms with Crippen LogP contribution in [-0.2, 0) is 4.79 Å². The molecule has 0 heterocycles. The van der Waals surface area contributed by atoms with Crippen LogP contribution in [0.5, 0.6) is 5.75 Å². The molecule has 3 N–H and O–H groups in total. The molecule has 0 aliphatic heterocycles. The summed E-state index contributed by atoms with van der Waals surface area (Å²) in [5, 5.41) is 16.3. The maximum Gasteiger partial charge on any atom is 0.233 e. The van der Waals surface area contributed by atoms with Crippen LogP contribution >= 0.6 is 23.2 Å². The van der Waals surface area contributed by atoms with E-state index in [1.54, 1.807) is 18.2 Å². The average molecular weight is 335 g/mol. The minimum absolute atomic E-state index is 0.0592. The molecule has 0 saturated heterocycles. The van der Waals surface area contributed by atoms with Gasteiger partial charge in [0.25, 0.3) is 0 Å². The molecular formula is C14H20Cl2N2O3. The van der Waals surface area contributed by atoms with Crippen molar-refractivity contribution in [3.63, 3.8) is 0 Å². The molecule has 0 bridgehead atoms. The Morgan fingerprint density at radius 1 is 1.43 bits per heavy atom. The first-order valence-corrected chi connectivity index (χ1v) is 7.51. The van der Waals surface area contributed by atoms with Crippen LogP contribution in [0.1, 0.15) is 13.3 Å². The van der Waals surface area contributed by atoms with Crippen molar-refractivity contribution in [3.8, 4) is 5.75 Å². The highest BCUT2D eigenvalue weighted by Crippen LogP contribution is 2.27. The summed E-state index contributed by atoms with van der Waals surface area (Å²) in [5.74, 6) is 0.326. The van der Waals surface area contributed by atoms with Crippen molar-refractivity contribution in [2.45, 2.75) is 19.4 Å². The molecule has 21 heavy (non-hydrogen) atoms. The van der Waals surface area contributed by atoms with E-state index >= 15 is 0 Å². The lowest BCUT2D eigenvalue weighted by Gasteiger charge is -2.14. The molecule has 0 aliphatic carbocycles. The van der Waals surface area contributed by atoms with Crippen molar-refractivity contribution in [2.24, 2.45) is 0 Å². The van der Waals surface area contributed by atoms with Crippen LogP contribution < -0.4 is 15.4 Å². The summed E-state index contributed by atoms with van der Waals surface area (Å²) in [4.78, 5) is 11.3. The molecule has 1 amide bonds. The summed E-state index contributed by atoms with van der Waals surface area (Å²) in [7, 11) is 0. The summed E-state index contributed by atoms with van der Waals surface area (Å²) in [6.45, 7) is 3.10. The maximum absolute atomic E-state index is 11.3. The molecule has 0 radical (unpaired) electrons. The van der Waals surface area contributed by atoms with E-state index in [9.17, 15) is 9.90 Å². The predicted octanol–water partition coefficient (Wildman–Crippen LogP) is 1.85. The Morgan fingerprint density at radius 2 is 2.19 bits per heavy atom. The number of aliphatic hydroxyl groups excluding tert-OH is 1.